The first-order valence-electron chi connectivity index (χ1n) is 6.61. The minimum absolute atomic E-state index is 0.253. The van der Waals surface area contributed by atoms with E-state index in [1.165, 1.54) is 17.6 Å². The van der Waals surface area contributed by atoms with Crippen LogP contribution in [-0.4, -0.2) is 14.7 Å². The molecule has 0 saturated carbocycles. The van der Waals surface area contributed by atoms with Crippen molar-refractivity contribution in [1.29, 1.82) is 0 Å². The van der Waals surface area contributed by atoms with Gasteiger partial charge in [-0.05, 0) is 47.3 Å². The summed E-state index contributed by atoms with van der Waals surface area (Å²) in [6.07, 6.45) is 1.20. The van der Waals surface area contributed by atoms with E-state index >= 15 is 0 Å². The van der Waals surface area contributed by atoms with Gasteiger partial charge in [-0.15, -0.1) is 11.3 Å². The molecule has 23 heavy (non-hydrogen) atoms. The minimum atomic E-state index is -3.47. The molecular weight excluding hydrogens is 371 g/mol. The zero-order chi connectivity index (χ0) is 16.6. The van der Waals surface area contributed by atoms with Gasteiger partial charge in [0.1, 0.15) is 0 Å². The molecular formula is C17H11Cl2O2S2. The van der Waals surface area contributed by atoms with Crippen LogP contribution in [0, 0.1) is 6.07 Å². The Morgan fingerprint density at radius 3 is 2.22 bits per heavy atom. The van der Waals surface area contributed by atoms with Crippen LogP contribution in [0.2, 0.25) is 10.0 Å². The Balaban J connectivity index is 2.34. The van der Waals surface area contributed by atoms with E-state index < -0.39 is 9.84 Å². The summed E-state index contributed by atoms with van der Waals surface area (Å²) in [5, 5.41) is 2.95. The molecule has 0 atom stereocenters. The smallest absolute Gasteiger partial charge is 0.176 e. The Hall–Kier alpha value is -1.33. The predicted molar refractivity (Wildman–Crippen MR) is 97.2 cm³/mol. The van der Waals surface area contributed by atoms with Crippen LogP contribution in [0.3, 0.4) is 0 Å². The van der Waals surface area contributed by atoms with Gasteiger partial charge in [0.2, 0.25) is 0 Å². The molecule has 0 unspecified atom stereocenters. The molecule has 0 aliphatic heterocycles. The number of rotatable bonds is 3. The van der Waals surface area contributed by atoms with Gasteiger partial charge in [0, 0.05) is 22.4 Å². The van der Waals surface area contributed by atoms with E-state index in [1.807, 2.05) is 5.38 Å². The molecule has 117 valence electrons. The Morgan fingerprint density at radius 1 is 1.00 bits per heavy atom. The van der Waals surface area contributed by atoms with E-state index in [1.54, 1.807) is 42.5 Å². The normalized spacial score (nSPS) is 11.6. The SMILES string of the molecule is CS(=O)(=O)c1c(-c2ccc(Cl)cc2)c[c]cc1-c1sccc1Cl. The summed E-state index contributed by atoms with van der Waals surface area (Å²) in [6, 6.07) is 15.1. The van der Waals surface area contributed by atoms with Crippen molar-refractivity contribution < 1.29 is 8.42 Å². The van der Waals surface area contributed by atoms with E-state index in [2.05, 4.69) is 6.07 Å². The van der Waals surface area contributed by atoms with Crippen LogP contribution in [0.25, 0.3) is 21.6 Å². The maximum atomic E-state index is 12.4. The van der Waals surface area contributed by atoms with Crippen molar-refractivity contribution in [1.82, 2.24) is 0 Å². The Bertz CT molecular complexity index is 959. The van der Waals surface area contributed by atoms with Crippen molar-refractivity contribution >= 4 is 44.4 Å². The molecule has 1 radical (unpaired) electrons. The summed E-state index contributed by atoms with van der Waals surface area (Å²) in [4.78, 5) is 0.974. The Labute approximate surface area is 149 Å². The predicted octanol–water partition coefficient (Wildman–Crippen LogP) is 5.59. The third-order valence-electron chi connectivity index (χ3n) is 3.33. The molecule has 3 rings (SSSR count). The molecule has 3 aromatic rings. The average Bonchev–Trinajstić information content (AvgIpc) is 2.92. The summed E-state index contributed by atoms with van der Waals surface area (Å²) < 4.78 is 24.9. The van der Waals surface area contributed by atoms with Gasteiger partial charge in [0.05, 0.1) is 14.8 Å². The lowest BCUT2D eigenvalue weighted by Crippen LogP contribution is -2.02. The molecule has 2 nitrogen and oxygen atoms in total. The molecule has 1 aromatic heterocycles. The molecule has 0 bridgehead atoms. The first-order chi connectivity index (χ1) is 10.9. The fraction of sp³-hybridized carbons (Fsp3) is 0.0588. The number of halogens is 2. The average molecular weight is 382 g/mol. The zero-order valence-corrected chi connectivity index (χ0v) is 15.2. The second kappa shape index (κ2) is 6.29. The highest BCUT2D eigenvalue weighted by Gasteiger charge is 2.22. The van der Waals surface area contributed by atoms with Gasteiger partial charge < -0.3 is 0 Å². The standard InChI is InChI=1S/C17H11Cl2O2S2/c1-23(20,21)17-13(11-5-7-12(18)8-6-11)3-2-4-14(17)16-15(19)9-10-22-16/h3-10H,1H3. The lowest BCUT2D eigenvalue weighted by Gasteiger charge is -2.13. The second-order valence-electron chi connectivity index (χ2n) is 4.99. The highest BCUT2D eigenvalue weighted by atomic mass is 35.5. The van der Waals surface area contributed by atoms with Crippen LogP contribution in [0.4, 0.5) is 0 Å². The van der Waals surface area contributed by atoms with Crippen LogP contribution in [-0.2, 0) is 9.84 Å². The summed E-state index contributed by atoms with van der Waals surface area (Å²) >= 11 is 13.5. The van der Waals surface area contributed by atoms with Gasteiger partial charge in [0.15, 0.2) is 9.84 Å². The summed E-state index contributed by atoms with van der Waals surface area (Å²) in [5.74, 6) is 0. The van der Waals surface area contributed by atoms with Crippen molar-refractivity contribution in [3.05, 3.63) is 64.0 Å². The molecule has 0 aliphatic rings. The highest BCUT2D eigenvalue weighted by molar-refractivity contribution is 7.91. The first kappa shape index (κ1) is 16.5. The molecule has 0 aliphatic carbocycles. The fourth-order valence-electron chi connectivity index (χ4n) is 2.38. The van der Waals surface area contributed by atoms with Gasteiger partial charge in [0.25, 0.3) is 0 Å². The van der Waals surface area contributed by atoms with E-state index in [4.69, 9.17) is 23.2 Å². The first-order valence-corrected chi connectivity index (χ1v) is 10.1. The number of benzene rings is 2. The summed E-state index contributed by atoms with van der Waals surface area (Å²) in [6.45, 7) is 0. The number of hydrogen-bond donors (Lipinski definition) is 0. The molecule has 6 heteroatoms. The van der Waals surface area contributed by atoms with Gasteiger partial charge in [-0.1, -0.05) is 35.3 Å². The maximum Gasteiger partial charge on any atom is 0.176 e. The van der Waals surface area contributed by atoms with Crippen molar-refractivity contribution in [2.45, 2.75) is 4.90 Å². The van der Waals surface area contributed by atoms with Crippen LogP contribution in [0.5, 0.6) is 0 Å². The van der Waals surface area contributed by atoms with Crippen molar-refractivity contribution in [3.8, 4) is 21.6 Å². The molecule has 1 heterocycles. The van der Waals surface area contributed by atoms with Crippen molar-refractivity contribution in [2.24, 2.45) is 0 Å². The maximum absolute atomic E-state index is 12.4. The molecule has 0 N–H and O–H groups in total. The minimum Gasteiger partial charge on any atom is -0.224 e. The third-order valence-corrected chi connectivity index (χ3v) is 6.14. The van der Waals surface area contributed by atoms with Crippen LogP contribution >= 0.6 is 34.5 Å². The lowest BCUT2D eigenvalue weighted by atomic mass is 10.0. The zero-order valence-electron chi connectivity index (χ0n) is 12.0. The van der Waals surface area contributed by atoms with Crippen LogP contribution in [0.15, 0.2) is 52.7 Å². The lowest BCUT2D eigenvalue weighted by molar-refractivity contribution is 0.602. The van der Waals surface area contributed by atoms with E-state index in [0.717, 1.165) is 10.4 Å². The van der Waals surface area contributed by atoms with Gasteiger partial charge in [-0.25, -0.2) is 8.42 Å². The highest BCUT2D eigenvalue weighted by Crippen LogP contribution is 2.41. The molecule has 2 aromatic carbocycles. The molecule has 0 spiro atoms. The van der Waals surface area contributed by atoms with Crippen molar-refractivity contribution in [3.63, 3.8) is 0 Å². The van der Waals surface area contributed by atoms with Gasteiger partial charge in [-0.3, -0.25) is 0 Å². The fourth-order valence-corrected chi connectivity index (χ4v) is 4.89. The topological polar surface area (TPSA) is 34.1 Å². The Morgan fingerprint density at radius 2 is 1.65 bits per heavy atom. The third kappa shape index (κ3) is 3.31. The number of hydrogen-bond acceptors (Lipinski definition) is 3. The number of sulfone groups is 1. The molecule has 0 amide bonds. The van der Waals surface area contributed by atoms with Gasteiger partial charge in [-0.2, -0.15) is 0 Å². The monoisotopic (exact) mass is 381 g/mol. The van der Waals surface area contributed by atoms with Gasteiger partial charge >= 0.3 is 0 Å². The summed E-state index contributed by atoms with van der Waals surface area (Å²) in [7, 11) is -3.47. The molecule has 0 saturated heterocycles. The second-order valence-corrected chi connectivity index (χ2v) is 8.70. The van der Waals surface area contributed by atoms with E-state index in [9.17, 15) is 8.42 Å². The van der Waals surface area contributed by atoms with Crippen LogP contribution in [0.1, 0.15) is 0 Å². The van der Waals surface area contributed by atoms with Crippen molar-refractivity contribution in [2.75, 3.05) is 6.26 Å². The van der Waals surface area contributed by atoms with E-state index in [-0.39, 0.29) is 4.90 Å². The molecule has 0 fully saturated rings. The quantitative estimate of drug-likeness (QED) is 0.592. The number of thiophene rings is 1. The van der Waals surface area contributed by atoms with Crippen LogP contribution < -0.4 is 0 Å². The van der Waals surface area contributed by atoms with E-state index in [0.29, 0.717) is 21.2 Å². The largest absolute Gasteiger partial charge is 0.224 e. The summed E-state index contributed by atoms with van der Waals surface area (Å²) in [5.41, 5.74) is 1.92. The Kier molecular flexibility index (Phi) is 4.52.